The Kier molecular flexibility index (Phi) is 7.29. The van der Waals surface area contributed by atoms with Crippen LogP contribution in [0.3, 0.4) is 0 Å². The molecule has 2 aromatic rings. The zero-order valence-corrected chi connectivity index (χ0v) is 15.4. The summed E-state index contributed by atoms with van der Waals surface area (Å²) >= 11 is 11.8. The summed E-state index contributed by atoms with van der Waals surface area (Å²) in [6.45, 7) is 1.74. The van der Waals surface area contributed by atoms with E-state index in [1.165, 1.54) is 17.7 Å². The van der Waals surface area contributed by atoms with Crippen molar-refractivity contribution in [1.82, 2.24) is 0 Å². The summed E-state index contributed by atoms with van der Waals surface area (Å²) in [6.07, 6.45) is 3.29. The van der Waals surface area contributed by atoms with Crippen LogP contribution in [0.1, 0.15) is 35.7 Å². The highest BCUT2D eigenvalue weighted by molar-refractivity contribution is 6.35. The third-order valence-electron chi connectivity index (χ3n) is 3.54. The molecule has 25 heavy (non-hydrogen) atoms. The molecule has 2 rings (SSSR count). The van der Waals surface area contributed by atoms with Gasteiger partial charge in [0.25, 0.3) is 5.91 Å². The quantitative estimate of drug-likeness (QED) is 0.678. The number of hydrogen-bond donors (Lipinski definition) is 1. The van der Waals surface area contributed by atoms with E-state index < -0.39 is 18.5 Å². The molecule has 1 amide bonds. The first-order valence-electron chi connectivity index (χ1n) is 8.00. The number of hydrogen-bond acceptors (Lipinski definition) is 3. The van der Waals surface area contributed by atoms with Crippen LogP contribution >= 0.6 is 23.2 Å². The van der Waals surface area contributed by atoms with Gasteiger partial charge in [-0.2, -0.15) is 0 Å². The Morgan fingerprint density at radius 2 is 1.80 bits per heavy atom. The molecule has 132 valence electrons. The van der Waals surface area contributed by atoms with Gasteiger partial charge in [0.15, 0.2) is 6.61 Å². The van der Waals surface area contributed by atoms with Crippen LogP contribution < -0.4 is 5.32 Å². The summed E-state index contributed by atoms with van der Waals surface area (Å²) in [5.74, 6) is -1.12. The van der Waals surface area contributed by atoms with E-state index in [0.29, 0.717) is 10.7 Å². The Morgan fingerprint density at radius 3 is 2.48 bits per heavy atom. The molecule has 0 unspecified atom stereocenters. The van der Waals surface area contributed by atoms with Crippen LogP contribution in [-0.2, 0) is 16.0 Å². The number of rotatable bonds is 7. The van der Waals surface area contributed by atoms with Gasteiger partial charge in [-0.3, -0.25) is 4.79 Å². The van der Waals surface area contributed by atoms with Crippen molar-refractivity contribution in [2.45, 2.75) is 26.2 Å². The molecule has 0 aromatic heterocycles. The van der Waals surface area contributed by atoms with Gasteiger partial charge in [-0.05, 0) is 48.7 Å². The lowest BCUT2D eigenvalue weighted by molar-refractivity contribution is -0.119. The summed E-state index contributed by atoms with van der Waals surface area (Å²) in [5, 5.41) is 3.27. The summed E-state index contributed by atoms with van der Waals surface area (Å²) in [4.78, 5) is 23.9. The second kappa shape index (κ2) is 9.44. The highest BCUT2D eigenvalue weighted by atomic mass is 35.5. The van der Waals surface area contributed by atoms with Gasteiger partial charge >= 0.3 is 5.97 Å². The lowest BCUT2D eigenvalue weighted by Gasteiger charge is -2.08. The van der Waals surface area contributed by atoms with Crippen molar-refractivity contribution in [1.29, 1.82) is 0 Å². The zero-order chi connectivity index (χ0) is 18.2. The van der Waals surface area contributed by atoms with Crippen LogP contribution in [-0.4, -0.2) is 18.5 Å². The van der Waals surface area contributed by atoms with Crippen molar-refractivity contribution in [3.05, 3.63) is 63.6 Å². The molecule has 0 aliphatic heterocycles. The monoisotopic (exact) mass is 379 g/mol. The van der Waals surface area contributed by atoms with Crippen molar-refractivity contribution in [2.75, 3.05) is 11.9 Å². The number of esters is 1. The molecule has 0 aliphatic carbocycles. The molecule has 2 aromatic carbocycles. The van der Waals surface area contributed by atoms with Crippen LogP contribution in [0.5, 0.6) is 0 Å². The summed E-state index contributed by atoms with van der Waals surface area (Å²) in [7, 11) is 0. The molecule has 0 radical (unpaired) electrons. The van der Waals surface area contributed by atoms with Gasteiger partial charge in [0.1, 0.15) is 0 Å². The van der Waals surface area contributed by atoms with Gasteiger partial charge in [0.05, 0.1) is 10.6 Å². The Hall–Kier alpha value is -2.04. The van der Waals surface area contributed by atoms with Crippen molar-refractivity contribution in [2.24, 2.45) is 0 Å². The third kappa shape index (κ3) is 6.07. The summed E-state index contributed by atoms with van der Waals surface area (Å²) < 4.78 is 4.98. The van der Waals surface area contributed by atoms with Gasteiger partial charge < -0.3 is 10.1 Å². The van der Waals surface area contributed by atoms with Gasteiger partial charge in [0, 0.05) is 10.7 Å². The average molecular weight is 380 g/mol. The van der Waals surface area contributed by atoms with Crippen molar-refractivity contribution >= 4 is 40.8 Å². The first-order chi connectivity index (χ1) is 12.0. The van der Waals surface area contributed by atoms with Gasteiger partial charge in [-0.1, -0.05) is 48.7 Å². The fraction of sp³-hybridized carbons (Fsp3) is 0.263. The van der Waals surface area contributed by atoms with Crippen LogP contribution in [0.15, 0.2) is 42.5 Å². The highest BCUT2D eigenvalue weighted by Gasteiger charge is 2.14. The number of anilines is 1. The van der Waals surface area contributed by atoms with E-state index in [1.807, 2.05) is 24.3 Å². The van der Waals surface area contributed by atoms with Crippen LogP contribution in [0.25, 0.3) is 0 Å². The lowest BCUT2D eigenvalue weighted by atomic mass is 10.1. The standard InChI is InChI=1S/C19H19Cl2NO3/c1-2-3-4-13-5-8-15(9-6-13)22-18(23)12-25-19(24)16-11-14(20)7-10-17(16)21/h5-11H,2-4,12H2,1H3,(H,22,23). The van der Waals surface area contributed by atoms with E-state index in [0.717, 1.165) is 19.3 Å². The zero-order valence-electron chi connectivity index (χ0n) is 13.9. The lowest BCUT2D eigenvalue weighted by Crippen LogP contribution is -2.21. The van der Waals surface area contributed by atoms with Gasteiger partial charge in [-0.25, -0.2) is 4.79 Å². The summed E-state index contributed by atoms with van der Waals surface area (Å²) in [5.41, 5.74) is 2.01. The molecule has 0 fully saturated rings. The maximum Gasteiger partial charge on any atom is 0.340 e. The van der Waals surface area contributed by atoms with E-state index in [4.69, 9.17) is 27.9 Å². The number of aryl methyl sites for hydroxylation is 1. The molecule has 0 saturated heterocycles. The Morgan fingerprint density at radius 1 is 1.08 bits per heavy atom. The molecule has 0 bridgehead atoms. The predicted octanol–water partition coefficient (Wildman–Crippen LogP) is 5.13. The number of carbonyl (C=O) groups excluding carboxylic acids is 2. The van der Waals surface area contributed by atoms with E-state index in [9.17, 15) is 9.59 Å². The Bertz CT molecular complexity index is 745. The molecular formula is C19H19Cl2NO3. The largest absolute Gasteiger partial charge is 0.452 e. The van der Waals surface area contributed by atoms with E-state index in [-0.39, 0.29) is 10.6 Å². The van der Waals surface area contributed by atoms with Crippen molar-refractivity contribution in [3.8, 4) is 0 Å². The number of benzene rings is 2. The SMILES string of the molecule is CCCCc1ccc(NC(=O)COC(=O)c2cc(Cl)ccc2Cl)cc1. The first-order valence-corrected chi connectivity index (χ1v) is 8.76. The molecule has 0 heterocycles. The minimum Gasteiger partial charge on any atom is -0.452 e. The maximum atomic E-state index is 12.0. The molecule has 6 heteroatoms. The molecule has 1 N–H and O–H groups in total. The Labute approximate surface area is 157 Å². The smallest absolute Gasteiger partial charge is 0.340 e. The van der Waals surface area contributed by atoms with Gasteiger partial charge in [-0.15, -0.1) is 0 Å². The highest BCUT2D eigenvalue weighted by Crippen LogP contribution is 2.21. The topological polar surface area (TPSA) is 55.4 Å². The number of nitrogens with one attached hydrogen (secondary N) is 1. The molecule has 0 spiro atoms. The molecule has 0 aliphatic rings. The fourth-order valence-electron chi connectivity index (χ4n) is 2.20. The normalized spacial score (nSPS) is 10.4. The van der Waals surface area contributed by atoms with E-state index >= 15 is 0 Å². The second-order valence-corrected chi connectivity index (χ2v) is 6.39. The second-order valence-electron chi connectivity index (χ2n) is 5.55. The number of carbonyl (C=O) groups is 2. The van der Waals surface area contributed by atoms with Crippen LogP contribution in [0, 0.1) is 0 Å². The predicted molar refractivity (Wildman–Crippen MR) is 100 cm³/mol. The molecular weight excluding hydrogens is 361 g/mol. The Balaban J connectivity index is 1.86. The van der Waals surface area contributed by atoms with E-state index in [1.54, 1.807) is 6.07 Å². The number of ether oxygens (including phenoxy) is 1. The number of unbranched alkanes of at least 4 members (excludes halogenated alkanes) is 1. The van der Waals surface area contributed by atoms with E-state index in [2.05, 4.69) is 12.2 Å². The summed E-state index contributed by atoms with van der Waals surface area (Å²) in [6, 6.07) is 12.1. The third-order valence-corrected chi connectivity index (χ3v) is 4.10. The van der Waals surface area contributed by atoms with Crippen LogP contribution in [0.4, 0.5) is 5.69 Å². The van der Waals surface area contributed by atoms with Crippen molar-refractivity contribution in [3.63, 3.8) is 0 Å². The van der Waals surface area contributed by atoms with Gasteiger partial charge in [0.2, 0.25) is 0 Å². The average Bonchev–Trinajstić information content (AvgIpc) is 2.61. The minimum atomic E-state index is -0.697. The van der Waals surface area contributed by atoms with Crippen molar-refractivity contribution < 1.29 is 14.3 Å². The fourth-order valence-corrected chi connectivity index (χ4v) is 2.56. The number of amides is 1. The molecule has 4 nitrogen and oxygen atoms in total. The first kappa shape index (κ1) is 19.3. The number of halogens is 2. The minimum absolute atomic E-state index is 0.127. The van der Waals surface area contributed by atoms with Crippen LogP contribution in [0.2, 0.25) is 10.0 Å². The maximum absolute atomic E-state index is 12.0. The molecule has 0 atom stereocenters. The molecule has 0 saturated carbocycles.